The number of carbonyl (C=O) groups is 2. The molecule has 19 heavy (non-hydrogen) atoms. The number of carboxylic acids is 1. The number of urea groups is 1. The Hall–Kier alpha value is -2.15. The summed E-state index contributed by atoms with van der Waals surface area (Å²) in [5.41, 5.74) is 3.22. The molecule has 0 aliphatic carbocycles. The highest BCUT2D eigenvalue weighted by Crippen LogP contribution is 2.22. The smallest absolute Gasteiger partial charge is 0.326 e. The summed E-state index contributed by atoms with van der Waals surface area (Å²) in [7, 11) is 1.44. The van der Waals surface area contributed by atoms with Crippen LogP contribution in [0.25, 0.3) is 10.2 Å². The van der Waals surface area contributed by atoms with Gasteiger partial charge in [-0.15, -0.1) is 11.3 Å². The lowest BCUT2D eigenvalue weighted by Gasteiger charge is -2.21. The van der Waals surface area contributed by atoms with Gasteiger partial charge in [-0.1, -0.05) is 0 Å². The van der Waals surface area contributed by atoms with E-state index >= 15 is 0 Å². The van der Waals surface area contributed by atoms with Crippen LogP contribution in [-0.2, 0) is 4.79 Å². The topological polar surface area (TPSA) is 82.5 Å². The number of carbonyl (C=O) groups excluding carboxylic acids is 1. The molecule has 0 saturated heterocycles. The van der Waals surface area contributed by atoms with Crippen LogP contribution in [0.15, 0.2) is 23.7 Å². The minimum Gasteiger partial charge on any atom is -0.480 e. The second kappa shape index (κ2) is 5.23. The Bertz CT molecular complexity index is 625. The number of aliphatic carboxylic acids is 1. The maximum absolute atomic E-state index is 11.9. The van der Waals surface area contributed by atoms with Crippen molar-refractivity contribution in [3.05, 3.63) is 23.7 Å². The van der Waals surface area contributed by atoms with Gasteiger partial charge in [0.05, 0.1) is 15.7 Å². The van der Waals surface area contributed by atoms with E-state index in [4.69, 9.17) is 5.11 Å². The Labute approximate surface area is 113 Å². The van der Waals surface area contributed by atoms with Gasteiger partial charge in [0.15, 0.2) is 0 Å². The summed E-state index contributed by atoms with van der Waals surface area (Å²) in [5.74, 6) is -1.05. The molecule has 0 aliphatic heterocycles. The van der Waals surface area contributed by atoms with E-state index in [9.17, 15) is 9.59 Å². The fraction of sp³-hybridized carbons (Fsp3) is 0.250. The predicted octanol–water partition coefficient (Wildman–Crippen LogP) is 2.23. The molecule has 2 amide bonds. The van der Waals surface area contributed by atoms with Crippen molar-refractivity contribution in [1.29, 1.82) is 0 Å². The third kappa shape index (κ3) is 2.82. The van der Waals surface area contributed by atoms with E-state index in [-0.39, 0.29) is 0 Å². The van der Waals surface area contributed by atoms with E-state index < -0.39 is 18.0 Å². The number of aromatic nitrogens is 1. The van der Waals surface area contributed by atoms with Crippen molar-refractivity contribution < 1.29 is 14.7 Å². The minimum absolute atomic E-state index is 0.459. The Morgan fingerprint density at radius 2 is 2.21 bits per heavy atom. The fourth-order valence-electron chi connectivity index (χ4n) is 1.49. The third-order valence-electron chi connectivity index (χ3n) is 2.84. The number of amides is 2. The van der Waals surface area contributed by atoms with Crippen molar-refractivity contribution in [1.82, 2.24) is 9.88 Å². The van der Waals surface area contributed by atoms with Crippen LogP contribution in [0.2, 0.25) is 0 Å². The first kappa shape index (κ1) is 13.3. The van der Waals surface area contributed by atoms with Gasteiger partial charge >= 0.3 is 12.0 Å². The van der Waals surface area contributed by atoms with Crippen molar-refractivity contribution in [3.8, 4) is 0 Å². The number of rotatable bonds is 3. The lowest BCUT2D eigenvalue weighted by molar-refractivity contribution is -0.141. The monoisotopic (exact) mass is 279 g/mol. The number of fused-ring (bicyclic) bond motifs is 1. The molecule has 1 aromatic carbocycles. The lowest BCUT2D eigenvalue weighted by atomic mass is 10.3. The Kier molecular flexibility index (Phi) is 3.66. The fourth-order valence-corrected chi connectivity index (χ4v) is 2.20. The van der Waals surface area contributed by atoms with E-state index in [1.807, 2.05) is 12.1 Å². The molecule has 6 nitrogen and oxygen atoms in total. The molecule has 1 unspecified atom stereocenters. The van der Waals surface area contributed by atoms with E-state index in [1.54, 1.807) is 11.6 Å². The molecule has 2 aromatic rings. The number of likely N-dealkylation sites (N-methyl/N-ethyl adjacent to an activating group) is 1. The Morgan fingerprint density at radius 1 is 1.47 bits per heavy atom. The first-order valence-electron chi connectivity index (χ1n) is 5.59. The van der Waals surface area contributed by atoms with Crippen LogP contribution < -0.4 is 5.32 Å². The average molecular weight is 279 g/mol. The number of nitrogens with one attached hydrogen (secondary N) is 1. The molecular formula is C12H13N3O3S. The van der Waals surface area contributed by atoms with Crippen LogP contribution in [0, 0.1) is 0 Å². The molecule has 0 bridgehead atoms. The predicted molar refractivity (Wildman–Crippen MR) is 73.5 cm³/mol. The molecule has 100 valence electrons. The quantitative estimate of drug-likeness (QED) is 0.902. The van der Waals surface area contributed by atoms with E-state index in [2.05, 4.69) is 10.3 Å². The van der Waals surface area contributed by atoms with E-state index in [0.29, 0.717) is 5.69 Å². The van der Waals surface area contributed by atoms with Crippen LogP contribution in [0.5, 0.6) is 0 Å². The van der Waals surface area contributed by atoms with Gasteiger partial charge in [-0.25, -0.2) is 14.6 Å². The van der Waals surface area contributed by atoms with Gasteiger partial charge in [-0.05, 0) is 25.1 Å². The molecule has 1 atom stereocenters. The molecule has 1 aromatic heterocycles. The second-order valence-electron chi connectivity index (χ2n) is 4.09. The summed E-state index contributed by atoms with van der Waals surface area (Å²) in [6.07, 6.45) is 0. The highest BCUT2D eigenvalue weighted by atomic mass is 32.1. The summed E-state index contributed by atoms with van der Waals surface area (Å²) in [6.45, 7) is 1.45. The molecule has 0 saturated carbocycles. The minimum atomic E-state index is -1.05. The van der Waals surface area contributed by atoms with Crippen molar-refractivity contribution in [2.45, 2.75) is 13.0 Å². The van der Waals surface area contributed by atoms with Crippen LogP contribution in [0.3, 0.4) is 0 Å². The molecule has 0 spiro atoms. The first-order chi connectivity index (χ1) is 8.99. The zero-order chi connectivity index (χ0) is 14.0. The third-order valence-corrected chi connectivity index (χ3v) is 3.63. The normalized spacial score (nSPS) is 12.1. The van der Waals surface area contributed by atoms with E-state index in [1.165, 1.54) is 25.3 Å². The summed E-state index contributed by atoms with van der Waals surface area (Å²) in [5, 5.41) is 11.5. The molecule has 0 radical (unpaired) electrons. The maximum atomic E-state index is 11.9. The molecule has 7 heteroatoms. The number of carboxylic acid groups (broad SMARTS) is 1. The van der Waals surface area contributed by atoms with Crippen LogP contribution in [0.4, 0.5) is 10.5 Å². The van der Waals surface area contributed by atoms with Crippen molar-refractivity contribution in [2.24, 2.45) is 0 Å². The highest BCUT2D eigenvalue weighted by molar-refractivity contribution is 7.16. The van der Waals surface area contributed by atoms with Gasteiger partial charge in [-0.2, -0.15) is 0 Å². The molecule has 2 rings (SSSR count). The molecular weight excluding hydrogens is 266 g/mol. The maximum Gasteiger partial charge on any atom is 0.326 e. The van der Waals surface area contributed by atoms with Gasteiger partial charge in [-0.3, -0.25) is 0 Å². The number of thiazole rings is 1. The standard InChI is InChI=1S/C12H13N3O3S/c1-7(11(16)17)15(2)12(18)14-8-3-4-9-10(5-8)19-6-13-9/h3-7H,1-2H3,(H,14,18)(H,16,17). The van der Waals surface area contributed by atoms with Gasteiger partial charge in [0.25, 0.3) is 0 Å². The summed E-state index contributed by atoms with van der Waals surface area (Å²) in [4.78, 5) is 28.0. The van der Waals surface area contributed by atoms with Crippen molar-refractivity contribution in [3.63, 3.8) is 0 Å². The van der Waals surface area contributed by atoms with Gasteiger partial charge < -0.3 is 15.3 Å². The molecule has 0 aliphatic rings. The Balaban J connectivity index is 2.11. The van der Waals surface area contributed by atoms with Crippen molar-refractivity contribution >= 4 is 39.2 Å². The zero-order valence-corrected chi connectivity index (χ0v) is 11.3. The van der Waals surface area contributed by atoms with E-state index in [0.717, 1.165) is 15.1 Å². The first-order valence-corrected chi connectivity index (χ1v) is 6.47. The molecule has 0 fully saturated rings. The second-order valence-corrected chi connectivity index (χ2v) is 4.98. The lowest BCUT2D eigenvalue weighted by Crippen LogP contribution is -2.42. The van der Waals surface area contributed by atoms with Gasteiger partial charge in [0, 0.05) is 12.7 Å². The molecule has 1 heterocycles. The number of nitrogens with zero attached hydrogens (tertiary/aromatic N) is 2. The van der Waals surface area contributed by atoms with Crippen LogP contribution >= 0.6 is 11.3 Å². The SMILES string of the molecule is CC(C(=O)O)N(C)C(=O)Nc1ccc2ncsc2c1. The number of hydrogen-bond acceptors (Lipinski definition) is 4. The van der Waals surface area contributed by atoms with Crippen LogP contribution in [-0.4, -0.2) is 40.1 Å². The van der Waals surface area contributed by atoms with Crippen LogP contribution in [0.1, 0.15) is 6.92 Å². The zero-order valence-electron chi connectivity index (χ0n) is 10.5. The average Bonchev–Trinajstić information content (AvgIpc) is 2.84. The molecule has 2 N–H and O–H groups in total. The summed E-state index contributed by atoms with van der Waals surface area (Å²) in [6, 6.07) is 4.01. The summed E-state index contributed by atoms with van der Waals surface area (Å²) < 4.78 is 0.965. The number of benzene rings is 1. The number of hydrogen-bond donors (Lipinski definition) is 2. The van der Waals surface area contributed by atoms with Gasteiger partial charge in [0.1, 0.15) is 6.04 Å². The highest BCUT2D eigenvalue weighted by Gasteiger charge is 2.21. The Morgan fingerprint density at radius 3 is 2.89 bits per heavy atom. The summed E-state index contributed by atoms with van der Waals surface area (Å²) >= 11 is 1.48. The number of anilines is 1. The van der Waals surface area contributed by atoms with Gasteiger partial charge in [0.2, 0.25) is 0 Å². The van der Waals surface area contributed by atoms with Crippen molar-refractivity contribution in [2.75, 3.05) is 12.4 Å². The largest absolute Gasteiger partial charge is 0.480 e.